The number of nitrogens with one attached hydrogen (secondary N) is 1. The first-order chi connectivity index (χ1) is 11.0. The van der Waals surface area contributed by atoms with Crippen LogP contribution in [0.2, 0.25) is 5.02 Å². The van der Waals surface area contributed by atoms with Gasteiger partial charge in [-0.25, -0.2) is 5.43 Å². The Bertz CT molecular complexity index is 702. The molecular weight excluding hydrogens is 396 g/mol. The number of thioether (sulfide) groups is 1. The van der Waals surface area contributed by atoms with E-state index >= 15 is 0 Å². The number of carbonyl (C=O) groups excluding carboxylic acids is 1. The van der Waals surface area contributed by atoms with Gasteiger partial charge < -0.3 is 0 Å². The van der Waals surface area contributed by atoms with Gasteiger partial charge in [-0.05, 0) is 55.8 Å². The summed E-state index contributed by atoms with van der Waals surface area (Å²) in [6.45, 7) is 3.71. The molecule has 0 radical (unpaired) electrons. The summed E-state index contributed by atoms with van der Waals surface area (Å²) in [6, 6.07) is 15.2. The fraction of sp³-hybridized carbons (Fsp3) is 0.176. The second kappa shape index (κ2) is 8.52. The number of hydrogen-bond donors (Lipinski definition) is 1. The van der Waals surface area contributed by atoms with Crippen LogP contribution >= 0.6 is 39.3 Å². The summed E-state index contributed by atoms with van der Waals surface area (Å²) < 4.78 is 1.01. The lowest BCUT2D eigenvalue weighted by molar-refractivity contribution is -0.120. The van der Waals surface area contributed by atoms with Gasteiger partial charge in [0.15, 0.2) is 0 Å². The largest absolute Gasteiger partial charge is 0.272 e. The molecule has 1 atom stereocenters. The average molecular weight is 412 g/mol. The monoisotopic (exact) mass is 410 g/mol. The third kappa shape index (κ3) is 5.68. The first kappa shape index (κ1) is 18.0. The third-order valence-electron chi connectivity index (χ3n) is 3.09. The van der Waals surface area contributed by atoms with Gasteiger partial charge in [0.2, 0.25) is 0 Å². The molecule has 0 aliphatic heterocycles. The fourth-order valence-corrected chi connectivity index (χ4v) is 3.01. The molecule has 0 aromatic heterocycles. The normalized spacial score (nSPS) is 12.8. The molecule has 2 rings (SSSR count). The molecule has 2 aromatic carbocycles. The summed E-state index contributed by atoms with van der Waals surface area (Å²) in [6.07, 6.45) is 0. The predicted molar refractivity (Wildman–Crippen MR) is 101 cm³/mol. The van der Waals surface area contributed by atoms with Crippen LogP contribution in [0.5, 0.6) is 0 Å². The quantitative estimate of drug-likeness (QED) is 0.421. The van der Waals surface area contributed by atoms with Crippen molar-refractivity contribution in [3.8, 4) is 0 Å². The van der Waals surface area contributed by atoms with Crippen LogP contribution in [-0.2, 0) is 4.79 Å². The minimum Gasteiger partial charge on any atom is -0.272 e. The maximum absolute atomic E-state index is 12.1. The Morgan fingerprint density at radius 1 is 1.17 bits per heavy atom. The molecule has 0 unspecified atom stereocenters. The Labute approximate surface area is 153 Å². The van der Waals surface area contributed by atoms with Gasteiger partial charge in [-0.1, -0.05) is 39.7 Å². The van der Waals surface area contributed by atoms with Crippen LogP contribution in [0.1, 0.15) is 19.4 Å². The topological polar surface area (TPSA) is 41.5 Å². The van der Waals surface area contributed by atoms with Crippen LogP contribution in [0.15, 0.2) is 63.0 Å². The zero-order valence-electron chi connectivity index (χ0n) is 12.7. The smallest absolute Gasteiger partial charge is 0.253 e. The van der Waals surface area contributed by atoms with E-state index in [1.165, 1.54) is 11.8 Å². The van der Waals surface area contributed by atoms with Crippen molar-refractivity contribution in [1.29, 1.82) is 0 Å². The molecule has 0 spiro atoms. The molecule has 0 saturated heterocycles. The van der Waals surface area contributed by atoms with Gasteiger partial charge in [-0.15, -0.1) is 11.8 Å². The maximum Gasteiger partial charge on any atom is 0.253 e. The summed E-state index contributed by atoms with van der Waals surface area (Å²) >= 11 is 10.7. The Morgan fingerprint density at radius 2 is 1.78 bits per heavy atom. The molecule has 23 heavy (non-hydrogen) atoms. The number of carbonyl (C=O) groups is 1. The average Bonchev–Trinajstić information content (AvgIpc) is 2.55. The molecule has 0 fully saturated rings. The van der Waals surface area contributed by atoms with Gasteiger partial charge in [-0.3, -0.25) is 4.79 Å². The Morgan fingerprint density at radius 3 is 2.39 bits per heavy atom. The second-order valence-electron chi connectivity index (χ2n) is 4.89. The zero-order valence-corrected chi connectivity index (χ0v) is 15.9. The maximum atomic E-state index is 12.1. The molecular formula is C17H16BrClN2OS. The lowest BCUT2D eigenvalue weighted by atomic mass is 10.1. The molecule has 0 saturated carbocycles. The van der Waals surface area contributed by atoms with Gasteiger partial charge in [0.1, 0.15) is 0 Å². The van der Waals surface area contributed by atoms with E-state index in [4.69, 9.17) is 11.6 Å². The van der Waals surface area contributed by atoms with E-state index in [2.05, 4.69) is 26.5 Å². The van der Waals surface area contributed by atoms with Crippen molar-refractivity contribution in [2.45, 2.75) is 24.0 Å². The van der Waals surface area contributed by atoms with Crippen molar-refractivity contribution in [2.24, 2.45) is 5.10 Å². The van der Waals surface area contributed by atoms with Crippen LogP contribution < -0.4 is 5.43 Å². The molecule has 0 aliphatic rings. The van der Waals surface area contributed by atoms with Crippen LogP contribution in [0, 0.1) is 0 Å². The molecule has 6 heteroatoms. The van der Waals surface area contributed by atoms with E-state index in [1.807, 2.05) is 62.4 Å². The summed E-state index contributed by atoms with van der Waals surface area (Å²) in [4.78, 5) is 13.1. The summed E-state index contributed by atoms with van der Waals surface area (Å²) in [5, 5.41) is 4.60. The lowest BCUT2D eigenvalue weighted by Gasteiger charge is -2.10. The highest BCUT2D eigenvalue weighted by Gasteiger charge is 2.14. The van der Waals surface area contributed by atoms with Crippen molar-refractivity contribution in [3.63, 3.8) is 0 Å². The van der Waals surface area contributed by atoms with Gasteiger partial charge in [0, 0.05) is 14.4 Å². The third-order valence-corrected chi connectivity index (χ3v) is 4.98. The van der Waals surface area contributed by atoms with E-state index in [1.54, 1.807) is 0 Å². The van der Waals surface area contributed by atoms with E-state index < -0.39 is 0 Å². The van der Waals surface area contributed by atoms with Gasteiger partial charge in [0.25, 0.3) is 5.91 Å². The number of nitrogens with zero attached hydrogens (tertiary/aromatic N) is 1. The van der Waals surface area contributed by atoms with Crippen molar-refractivity contribution >= 4 is 50.9 Å². The summed E-state index contributed by atoms with van der Waals surface area (Å²) in [7, 11) is 0. The predicted octanol–water partition coefficient (Wildman–Crippen LogP) is 5.12. The van der Waals surface area contributed by atoms with Crippen LogP contribution in [0.3, 0.4) is 0 Å². The van der Waals surface area contributed by atoms with E-state index in [9.17, 15) is 4.79 Å². The minimum atomic E-state index is -0.252. The number of amides is 1. The van der Waals surface area contributed by atoms with E-state index in [0.29, 0.717) is 5.02 Å². The molecule has 120 valence electrons. The molecule has 2 aromatic rings. The number of halogens is 2. The van der Waals surface area contributed by atoms with E-state index in [-0.39, 0.29) is 11.2 Å². The molecule has 0 heterocycles. The number of hydrazone groups is 1. The number of benzene rings is 2. The van der Waals surface area contributed by atoms with Crippen LogP contribution in [0.25, 0.3) is 0 Å². The Balaban J connectivity index is 1.93. The highest BCUT2D eigenvalue weighted by molar-refractivity contribution is 9.10. The first-order valence-electron chi connectivity index (χ1n) is 6.98. The number of hydrogen-bond acceptors (Lipinski definition) is 3. The van der Waals surface area contributed by atoms with Crippen LogP contribution in [0.4, 0.5) is 0 Å². The van der Waals surface area contributed by atoms with Crippen molar-refractivity contribution in [3.05, 3.63) is 63.6 Å². The molecule has 1 amide bonds. The van der Waals surface area contributed by atoms with E-state index in [0.717, 1.165) is 20.6 Å². The minimum absolute atomic E-state index is 0.138. The van der Waals surface area contributed by atoms with Gasteiger partial charge in [-0.2, -0.15) is 5.10 Å². The van der Waals surface area contributed by atoms with Gasteiger partial charge >= 0.3 is 0 Å². The van der Waals surface area contributed by atoms with Crippen molar-refractivity contribution < 1.29 is 4.79 Å². The van der Waals surface area contributed by atoms with Crippen molar-refractivity contribution in [2.75, 3.05) is 0 Å². The second-order valence-corrected chi connectivity index (χ2v) is 7.66. The Kier molecular flexibility index (Phi) is 6.69. The highest BCUT2D eigenvalue weighted by Crippen LogP contribution is 2.24. The lowest BCUT2D eigenvalue weighted by Crippen LogP contribution is -2.27. The first-order valence-corrected chi connectivity index (χ1v) is 9.03. The van der Waals surface area contributed by atoms with Gasteiger partial charge in [0.05, 0.1) is 11.0 Å². The van der Waals surface area contributed by atoms with Crippen LogP contribution in [-0.4, -0.2) is 16.9 Å². The molecule has 3 nitrogen and oxygen atoms in total. The SMILES string of the molecule is C/C(=N/NC(=O)[C@H](C)Sc1ccc(Cl)cc1)c1ccc(Br)cc1. The molecule has 1 N–H and O–H groups in total. The Hall–Kier alpha value is -1.30. The summed E-state index contributed by atoms with van der Waals surface area (Å²) in [5.41, 5.74) is 4.34. The zero-order chi connectivity index (χ0) is 16.8. The highest BCUT2D eigenvalue weighted by atomic mass is 79.9. The van der Waals surface area contributed by atoms with Crippen molar-refractivity contribution in [1.82, 2.24) is 5.43 Å². The molecule has 0 aliphatic carbocycles. The summed E-state index contributed by atoms with van der Waals surface area (Å²) in [5.74, 6) is -0.138. The number of rotatable bonds is 5. The molecule has 0 bridgehead atoms. The fourth-order valence-electron chi connectivity index (χ4n) is 1.76. The standard InChI is InChI=1S/C17H16BrClN2OS/c1-11(13-3-5-14(18)6-4-13)20-21-17(22)12(2)23-16-9-7-15(19)8-10-16/h3-10,12H,1-2H3,(H,21,22)/b20-11-/t12-/m0/s1.